The van der Waals surface area contributed by atoms with Gasteiger partial charge in [0, 0.05) is 16.3 Å². The number of halogens is 1. The van der Waals surface area contributed by atoms with Gasteiger partial charge in [-0.3, -0.25) is 9.59 Å². The number of hydrogen-bond donors (Lipinski definition) is 3. The maximum absolute atomic E-state index is 12.9. The summed E-state index contributed by atoms with van der Waals surface area (Å²) in [5, 5.41) is 17.2. The van der Waals surface area contributed by atoms with Crippen molar-refractivity contribution in [2.75, 3.05) is 5.32 Å². The van der Waals surface area contributed by atoms with Gasteiger partial charge in [0.25, 0.3) is 5.91 Å². The van der Waals surface area contributed by atoms with Crippen LogP contribution < -0.4 is 10.6 Å². The number of anilines is 1. The van der Waals surface area contributed by atoms with E-state index in [1.807, 2.05) is 19.9 Å². The van der Waals surface area contributed by atoms with Crippen molar-refractivity contribution in [2.24, 2.45) is 0 Å². The summed E-state index contributed by atoms with van der Waals surface area (Å²) in [6.07, 6.45) is 0.733. The molecule has 0 spiro atoms. The lowest BCUT2D eigenvalue weighted by atomic mass is 9.94. The topological polar surface area (TPSA) is 78.4 Å². The maximum Gasteiger partial charge on any atom is 0.251 e. The van der Waals surface area contributed by atoms with E-state index in [-0.39, 0.29) is 18.2 Å². The van der Waals surface area contributed by atoms with Gasteiger partial charge in [-0.05, 0) is 48.2 Å². The third-order valence-corrected chi connectivity index (χ3v) is 5.37. The predicted molar refractivity (Wildman–Crippen MR) is 106 cm³/mol. The van der Waals surface area contributed by atoms with Crippen LogP contribution in [0.5, 0.6) is 0 Å². The quantitative estimate of drug-likeness (QED) is 0.707. The van der Waals surface area contributed by atoms with E-state index in [4.69, 9.17) is 11.6 Å². The Labute approximate surface area is 163 Å². The van der Waals surface area contributed by atoms with Gasteiger partial charge in [0.2, 0.25) is 5.91 Å². The number of amides is 2. The summed E-state index contributed by atoms with van der Waals surface area (Å²) in [4.78, 5) is 24.6. The van der Waals surface area contributed by atoms with Crippen LogP contribution in [0.2, 0.25) is 5.02 Å². The molecule has 1 aliphatic heterocycles. The van der Waals surface area contributed by atoms with Crippen LogP contribution in [0.15, 0.2) is 36.4 Å². The standard InChI is InChI=1S/C21H23ClN2O3/c1-3-6-18(20(26)13-7-4-9-16(22)12(13)2)24-21(27)14-8-5-10-17-15(14)11-19(25)23-17/h4-5,7-10,18,20,26H,3,6,11H2,1-2H3,(H,23,25)(H,24,27). The lowest BCUT2D eigenvalue weighted by Gasteiger charge is -2.26. The summed E-state index contributed by atoms with van der Waals surface area (Å²) in [6.45, 7) is 3.85. The molecule has 0 aliphatic carbocycles. The summed E-state index contributed by atoms with van der Waals surface area (Å²) < 4.78 is 0. The van der Waals surface area contributed by atoms with Crippen LogP contribution in [0.1, 0.15) is 52.9 Å². The molecule has 2 aromatic carbocycles. The second-order valence-corrected chi connectivity index (χ2v) is 7.23. The summed E-state index contributed by atoms with van der Waals surface area (Å²) >= 11 is 6.18. The van der Waals surface area contributed by atoms with E-state index >= 15 is 0 Å². The number of rotatable bonds is 6. The Morgan fingerprint density at radius 3 is 2.78 bits per heavy atom. The van der Waals surface area contributed by atoms with Crippen LogP contribution in [0.4, 0.5) is 5.69 Å². The molecule has 2 amide bonds. The minimum Gasteiger partial charge on any atom is -0.386 e. The van der Waals surface area contributed by atoms with Gasteiger partial charge in [-0.2, -0.15) is 0 Å². The molecule has 27 heavy (non-hydrogen) atoms. The first-order chi connectivity index (χ1) is 12.9. The Morgan fingerprint density at radius 1 is 1.30 bits per heavy atom. The number of aliphatic hydroxyl groups is 1. The fourth-order valence-corrected chi connectivity index (χ4v) is 3.67. The van der Waals surface area contributed by atoms with Crippen LogP contribution in [0.3, 0.4) is 0 Å². The van der Waals surface area contributed by atoms with E-state index in [0.717, 1.165) is 12.0 Å². The normalized spacial score (nSPS) is 15.0. The minimum absolute atomic E-state index is 0.120. The van der Waals surface area contributed by atoms with Gasteiger partial charge in [0.05, 0.1) is 18.6 Å². The van der Waals surface area contributed by atoms with E-state index in [2.05, 4.69) is 10.6 Å². The second-order valence-electron chi connectivity index (χ2n) is 6.82. The van der Waals surface area contributed by atoms with Crippen LogP contribution in [0.25, 0.3) is 0 Å². The first-order valence-electron chi connectivity index (χ1n) is 9.08. The Balaban J connectivity index is 1.85. The summed E-state index contributed by atoms with van der Waals surface area (Å²) in [5.41, 5.74) is 3.34. The molecule has 2 unspecified atom stereocenters. The Bertz CT molecular complexity index is 882. The maximum atomic E-state index is 12.9. The van der Waals surface area contributed by atoms with Crippen molar-refractivity contribution >= 4 is 29.1 Å². The summed E-state index contributed by atoms with van der Waals surface area (Å²) in [5.74, 6) is -0.412. The zero-order chi connectivity index (χ0) is 19.6. The highest BCUT2D eigenvalue weighted by Crippen LogP contribution is 2.29. The molecule has 1 aliphatic rings. The van der Waals surface area contributed by atoms with Gasteiger partial charge < -0.3 is 15.7 Å². The average molecular weight is 387 g/mol. The van der Waals surface area contributed by atoms with E-state index in [0.29, 0.717) is 33.8 Å². The largest absolute Gasteiger partial charge is 0.386 e. The number of aliphatic hydroxyl groups excluding tert-OH is 1. The molecule has 0 fully saturated rings. The highest BCUT2D eigenvalue weighted by atomic mass is 35.5. The van der Waals surface area contributed by atoms with Gasteiger partial charge in [0.1, 0.15) is 0 Å². The zero-order valence-electron chi connectivity index (χ0n) is 15.4. The third-order valence-electron chi connectivity index (χ3n) is 4.96. The number of hydrogen-bond acceptors (Lipinski definition) is 3. The van der Waals surface area contributed by atoms with Crippen molar-refractivity contribution in [2.45, 2.75) is 45.3 Å². The molecule has 2 aromatic rings. The molecular weight excluding hydrogens is 364 g/mol. The lowest BCUT2D eigenvalue weighted by molar-refractivity contribution is -0.115. The first kappa shape index (κ1) is 19.4. The minimum atomic E-state index is -0.871. The summed E-state index contributed by atoms with van der Waals surface area (Å²) in [6, 6.07) is 10.2. The molecule has 3 N–H and O–H groups in total. The average Bonchev–Trinajstić information content (AvgIpc) is 3.03. The van der Waals surface area contributed by atoms with Gasteiger partial charge in [-0.25, -0.2) is 0 Å². The molecule has 0 saturated carbocycles. The van der Waals surface area contributed by atoms with E-state index < -0.39 is 12.1 Å². The summed E-state index contributed by atoms with van der Waals surface area (Å²) in [7, 11) is 0. The van der Waals surface area contributed by atoms with Crippen molar-refractivity contribution in [3.63, 3.8) is 0 Å². The molecule has 0 bridgehead atoms. The fourth-order valence-electron chi connectivity index (χ4n) is 3.49. The molecule has 1 heterocycles. The van der Waals surface area contributed by atoms with E-state index in [9.17, 15) is 14.7 Å². The predicted octanol–water partition coefficient (Wildman–Crippen LogP) is 3.78. The number of nitrogens with one attached hydrogen (secondary N) is 2. The molecule has 6 heteroatoms. The molecule has 142 valence electrons. The van der Waals surface area contributed by atoms with Gasteiger partial charge in [0.15, 0.2) is 0 Å². The van der Waals surface area contributed by atoms with E-state index in [1.54, 1.807) is 30.3 Å². The van der Waals surface area contributed by atoms with Crippen LogP contribution in [0, 0.1) is 6.92 Å². The van der Waals surface area contributed by atoms with E-state index in [1.165, 1.54) is 0 Å². The van der Waals surface area contributed by atoms with Crippen LogP contribution >= 0.6 is 11.6 Å². The van der Waals surface area contributed by atoms with Crippen molar-refractivity contribution in [3.05, 3.63) is 63.7 Å². The number of carbonyl (C=O) groups excluding carboxylic acids is 2. The van der Waals surface area contributed by atoms with Crippen LogP contribution in [-0.2, 0) is 11.2 Å². The Morgan fingerprint density at radius 2 is 2.04 bits per heavy atom. The number of carbonyl (C=O) groups is 2. The number of fused-ring (bicyclic) bond motifs is 1. The number of benzene rings is 2. The zero-order valence-corrected chi connectivity index (χ0v) is 16.1. The second kappa shape index (κ2) is 8.11. The molecule has 0 radical (unpaired) electrons. The van der Waals surface area contributed by atoms with Crippen molar-refractivity contribution in [1.29, 1.82) is 0 Å². The highest BCUT2D eigenvalue weighted by molar-refractivity contribution is 6.31. The van der Waals surface area contributed by atoms with Crippen molar-refractivity contribution in [3.8, 4) is 0 Å². The van der Waals surface area contributed by atoms with Crippen molar-refractivity contribution in [1.82, 2.24) is 5.32 Å². The molecule has 0 saturated heterocycles. The highest BCUT2D eigenvalue weighted by Gasteiger charge is 2.28. The molecule has 3 rings (SSSR count). The van der Waals surface area contributed by atoms with Crippen molar-refractivity contribution < 1.29 is 14.7 Å². The molecule has 0 aromatic heterocycles. The third kappa shape index (κ3) is 3.99. The Kier molecular flexibility index (Phi) is 5.82. The molecule has 5 nitrogen and oxygen atoms in total. The van der Waals surface area contributed by atoms with Crippen LogP contribution in [-0.4, -0.2) is 23.0 Å². The van der Waals surface area contributed by atoms with Gasteiger partial charge in [-0.1, -0.05) is 43.1 Å². The first-order valence-corrected chi connectivity index (χ1v) is 9.45. The lowest BCUT2D eigenvalue weighted by Crippen LogP contribution is -2.39. The molecular formula is C21H23ClN2O3. The monoisotopic (exact) mass is 386 g/mol. The van der Waals surface area contributed by atoms with Gasteiger partial charge >= 0.3 is 0 Å². The van der Waals surface area contributed by atoms with Gasteiger partial charge in [-0.15, -0.1) is 0 Å². The SMILES string of the molecule is CCCC(NC(=O)c1cccc2c1CC(=O)N2)C(O)c1cccc(Cl)c1C. The smallest absolute Gasteiger partial charge is 0.251 e. The molecule has 2 atom stereocenters. The fraction of sp³-hybridized carbons (Fsp3) is 0.333. The Hall–Kier alpha value is -2.37.